The molecule has 0 aromatic heterocycles. The van der Waals surface area contributed by atoms with Gasteiger partial charge in [-0.15, -0.1) is 0 Å². The van der Waals surface area contributed by atoms with E-state index in [1.807, 2.05) is 0 Å². The van der Waals surface area contributed by atoms with Gasteiger partial charge in [0.2, 0.25) is 6.79 Å². The molecule has 11 heavy (non-hydrogen) atoms. The highest BCUT2D eigenvalue weighted by Gasteiger charge is 2.12. The molecule has 1 heterocycles. The van der Waals surface area contributed by atoms with Crippen molar-refractivity contribution in [3.8, 4) is 0 Å². The maximum Gasteiger partial charge on any atom is 0.230 e. The van der Waals surface area contributed by atoms with Crippen LogP contribution in [0.4, 0.5) is 0 Å². The zero-order chi connectivity index (χ0) is 8.10. The smallest absolute Gasteiger partial charge is 0.230 e. The molecule has 62 valence electrons. The summed E-state index contributed by atoms with van der Waals surface area (Å²) in [5.41, 5.74) is 0. The summed E-state index contributed by atoms with van der Waals surface area (Å²) in [5.74, 6) is 1.78. The lowest BCUT2D eigenvalue weighted by atomic mass is 10.2. The molecule has 0 aromatic carbocycles. The number of hydrogen-bond donors (Lipinski definition) is 0. The molecule has 2 nitrogen and oxygen atoms in total. The summed E-state index contributed by atoms with van der Waals surface area (Å²) in [5, 5.41) is 0. The quantitative estimate of drug-likeness (QED) is 0.619. The molecule has 0 aromatic rings. The van der Waals surface area contributed by atoms with Gasteiger partial charge in [-0.05, 0) is 12.5 Å². The van der Waals surface area contributed by atoms with E-state index >= 15 is 0 Å². The highest BCUT2D eigenvalue weighted by Crippen LogP contribution is 2.21. The Labute approximate surface area is 67.5 Å². The van der Waals surface area contributed by atoms with Crippen molar-refractivity contribution in [1.29, 1.82) is 0 Å². The molecule has 0 spiro atoms. The van der Waals surface area contributed by atoms with Gasteiger partial charge in [-0.3, -0.25) is 0 Å². The van der Waals surface area contributed by atoms with E-state index in [0.717, 1.165) is 24.4 Å². The van der Waals surface area contributed by atoms with Crippen molar-refractivity contribution in [2.24, 2.45) is 0 Å². The van der Waals surface area contributed by atoms with Crippen LogP contribution in [0.15, 0.2) is 24.2 Å². The maximum atomic E-state index is 5.24. The summed E-state index contributed by atoms with van der Waals surface area (Å²) in [7, 11) is 0. The first-order valence-electron chi connectivity index (χ1n) is 3.99. The molecule has 0 saturated heterocycles. The second-order valence-electron chi connectivity index (χ2n) is 2.50. The first-order valence-corrected chi connectivity index (χ1v) is 3.99. The molecule has 0 fully saturated rings. The van der Waals surface area contributed by atoms with E-state index in [0.29, 0.717) is 6.79 Å². The number of rotatable bonds is 4. The minimum atomic E-state index is 0.362. The van der Waals surface area contributed by atoms with Crippen LogP contribution in [-0.4, -0.2) is 6.79 Å². The predicted octanol–water partition coefficient (Wildman–Crippen LogP) is 2.58. The van der Waals surface area contributed by atoms with Crippen molar-refractivity contribution in [3.63, 3.8) is 0 Å². The Balaban J connectivity index is 2.45. The lowest BCUT2D eigenvalue weighted by Gasteiger charge is -1.98. The van der Waals surface area contributed by atoms with Crippen LogP contribution in [0.1, 0.15) is 26.2 Å². The molecular weight excluding hydrogens is 140 g/mol. The van der Waals surface area contributed by atoms with Gasteiger partial charge in [0.25, 0.3) is 0 Å². The Morgan fingerprint density at radius 1 is 1.55 bits per heavy atom. The number of ether oxygens (including phenoxy) is 2. The molecule has 0 radical (unpaired) electrons. The minimum Gasteiger partial charge on any atom is -0.458 e. The molecule has 0 unspecified atom stereocenters. The van der Waals surface area contributed by atoms with Gasteiger partial charge in [0.05, 0.1) is 0 Å². The Hall–Kier alpha value is -0.920. The summed E-state index contributed by atoms with van der Waals surface area (Å²) in [6, 6.07) is 0. The van der Waals surface area contributed by atoms with E-state index in [-0.39, 0.29) is 0 Å². The van der Waals surface area contributed by atoms with E-state index < -0.39 is 0 Å². The minimum absolute atomic E-state index is 0.362. The SMILES string of the molecule is C=CC1=C(CCCC)OCO1. The summed E-state index contributed by atoms with van der Waals surface area (Å²) < 4.78 is 10.4. The summed E-state index contributed by atoms with van der Waals surface area (Å²) in [6.07, 6.45) is 5.00. The Morgan fingerprint density at radius 2 is 2.36 bits per heavy atom. The monoisotopic (exact) mass is 154 g/mol. The van der Waals surface area contributed by atoms with Crippen LogP contribution < -0.4 is 0 Å². The Bertz CT molecular complexity index is 170. The first-order chi connectivity index (χ1) is 5.38. The molecule has 0 atom stereocenters. The van der Waals surface area contributed by atoms with Crippen molar-refractivity contribution in [1.82, 2.24) is 0 Å². The van der Waals surface area contributed by atoms with Crippen LogP contribution in [0.2, 0.25) is 0 Å². The molecule has 1 aliphatic heterocycles. The summed E-state index contributed by atoms with van der Waals surface area (Å²) >= 11 is 0. The van der Waals surface area contributed by atoms with Crippen molar-refractivity contribution in [2.45, 2.75) is 26.2 Å². The van der Waals surface area contributed by atoms with Gasteiger partial charge >= 0.3 is 0 Å². The lowest BCUT2D eigenvalue weighted by molar-refractivity contribution is 0.0718. The average Bonchev–Trinajstić information content (AvgIpc) is 2.47. The van der Waals surface area contributed by atoms with Crippen molar-refractivity contribution < 1.29 is 9.47 Å². The predicted molar refractivity (Wildman–Crippen MR) is 43.8 cm³/mol. The summed E-state index contributed by atoms with van der Waals surface area (Å²) in [6.45, 7) is 6.16. The third-order valence-corrected chi connectivity index (χ3v) is 1.67. The van der Waals surface area contributed by atoms with Gasteiger partial charge < -0.3 is 9.47 Å². The van der Waals surface area contributed by atoms with Gasteiger partial charge in [0.1, 0.15) is 5.76 Å². The molecule has 0 bridgehead atoms. The van der Waals surface area contributed by atoms with Gasteiger partial charge in [-0.2, -0.15) is 0 Å². The van der Waals surface area contributed by atoms with Gasteiger partial charge in [-0.1, -0.05) is 19.9 Å². The number of hydrogen-bond acceptors (Lipinski definition) is 2. The van der Waals surface area contributed by atoms with E-state index in [2.05, 4.69) is 13.5 Å². The second-order valence-corrected chi connectivity index (χ2v) is 2.50. The van der Waals surface area contributed by atoms with E-state index in [1.165, 1.54) is 6.42 Å². The standard InChI is InChI=1S/C9H14O2/c1-3-5-6-9-8(4-2)10-7-11-9/h4H,2-3,5-7H2,1H3. The average molecular weight is 154 g/mol. The fraction of sp³-hybridized carbons (Fsp3) is 0.556. The largest absolute Gasteiger partial charge is 0.458 e. The maximum absolute atomic E-state index is 5.24. The highest BCUT2D eigenvalue weighted by atomic mass is 16.7. The van der Waals surface area contributed by atoms with Crippen molar-refractivity contribution in [3.05, 3.63) is 24.2 Å². The molecule has 0 aliphatic carbocycles. The normalized spacial score (nSPS) is 16.1. The fourth-order valence-electron chi connectivity index (χ4n) is 1.02. The van der Waals surface area contributed by atoms with Crippen LogP contribution in [-0.2, 0) is 9.47 Å². The third-order valence-electron chi connectivity index (χ3n) is 1.67. The Morgan fingerprint density at radius 3 is 3.00 bits per heavy atom. The van der Waals surface area contributed by atoms with Crippen LogP contribution in [0, 0.1) is 0 Å². The van der Waals surface area contributed by atoms with E-state index in [9.17, 15) is 0 Å². The number of unbranched alkanes of at least 4 members (excludes halogenated alkanes) is 1. The van der Waals surface area contributed by atoms with Crippen LogP contribution in [0.5, 0.6) is 0 Å². The van der Waals surface area contributed by atoms with Gasteiger partial charge in [-0.25, -0.2) is 0 Å². The number of allylic oxidation sites excluding steroid dienone is 2. The molecule has 0 saturated carbocycles. The second kappa shape index (κ2) is 4.06. The van der Waals surface area contributed by atoms with Crippen LogP contribution >= 0.6 is 0 Å². The first kappa shape index (κ1) is 8.18. The van der Waals surface area contributed by atoms with Crippen molar-refractivity contribution >= 4 is 0 Å². The molecule has 1 rings (SSSR count). The van der Waals surface area contributed by atoms with Gasteiger partial charge in [0.15, 0.2) is 5.76 Å². The Kier molecular flexibility index (Phi) is 3.02. The zero-order valence-electron chi connectivity index (χ0n) is 6.93. The molecule has 2 heteroatoms. The van der Waals surface area contributed by atoms with Crippen LogP contribution in [0.25, 0.3) is 0 Å². The van der Waals surface area contributed by atoms with E-state index in [4.69, 9.17) is 9.47 Å². The lowest BCUT2D eigenvalue weighted by Crippen LogP contribution is -1.85. The molecule has 1 aliphatic rings. The molecule has 0 amide bonds. The van der Waals surface area contributed by atoms with Crippen LogP contribution in [0.3, 0.4) is 0 Å². The highest BCUT2D eigenvalue weighted by molar-refractivity contribution is 5.15. The third kappa shape index (κ3) is 2.00. The van der Waals surface area contributed by atoms with E-state index in [1.54, 1.807) is 6.08 Å². The van der Waals surface area contributed by atoms with Gasteiger partial charge in [0, 0.05) is 6.42 Å². The zero-order valence-corrected chi connectivity index (χ0v) is 6.93. The fourth-order valence-corrected chi connectivity index (χ4v) is 1.02. The molecular formula is C9H14O2. The molecule has 0 N–H and O–H groups in total. The summed E-state index contributed by atoms with van der Waals surface area (Å²) in [4.78, 5) is 0. The van der Waals surface area contributed by atoms with Crippen molar-refractivity contribution in [2.75, 3.05) is 6.79 Å². The topological polar surface area (TPSA) is 18.5 Å².